The summed E-state index contributed by atoms with van der Waals surface area (Å²) in [4.78, 5) is 23.7. The molecule has 0 atom stereocenters. The van der Waals surface area contributed by atoms with Crippen molar-refractivity contribution >= 4 is 11.9 Å². The van der Waals surface area contributed by atoms with Gasteiger partial charge in [-0.25, -0.2) is 4.79 Å². The number of amides is 1. The minimum atomic E-state index is -1.33. The van der Waals surface area contributed by atoms with Crippen molar-refractivity contribution in [2.75, 3.05) is 6.54 Å². The highest BCUT2D eigenvalue weighted by Gasteiger charge is 2.30. The fourth-order valence-electron chi connectivity index (χ4n) is 2.13. The third kappa shape index (κ3) is 3.22. The quantitative estimate of drug-likeness (QED) is 0.723. The van der Waals surface area contributed by atoms with Crippen molar-refractivity contribution in [1.29, 1.82) is 0 Å². The molecular weight excluding hydrogens is 194 g/mol. The Kier molecular flexibility index (Phi) is 4.12. The Hall–Kier alpha value is -1.06. The molecule has 0 aromatic carbocycles. The summed E-state index contributed by atoms with van der Waals surface area (Å²) in [6, 6.07) is 0.149. The van der Waals surface area contributed by atoms with Crippen LogP contribution < -0.4 is 0 Å². The van der Waals surface area contributed by atoms with Crippen LogP contribution in [-0.2, 0) is 9.59 Å². The lowest BCUT2D eigenvalue weighted by Crippen LogP contribution is -2.44. The number of carbonyl (C=O) groups is 2. The normalized spacial score (nSPS) is 17.0. The Bertz CT molecular complexity index is 244. The fraction of sp³-hybridized carbons (Fsp3) is 0.818. The van der Waals surface area contributed by atoms with Crippen molar-refractivity contribution < 1.29 is 14.7 Å². The molecule has 4 nitrogen and oxygen atoms in total. The first-order valence-corrected chi connectivity index (χ1v) is 5.56. The van der Waals surface area contributed by atoms with Crippen molar-refractivity contribution in [2.45, 2.75) is 45.6 Å². The molecule has 1 N–H and O–H groups in total. The zero-order valence-electron chi connectivity index (χ0n) is 9.40. The molecule has 86 valence electrons. The summed E-state index contributed by atoms with van der Waals surface area (Å²) in [5, 5.41) is 8.73. The summed E-state index contributed by atoms with van der Waals surface area (Å²) in [7, 11) is 0. The van der Waals surface area contributed by atoms with Gasteiger partial charge in [-0.2, -0.15) is 0 Å². The van der Waals surface area contributed by atoms with E-state index < -0.39 is 11.9 Å². The summed E-state index contributed by atoms with van der Waals surface area (Å²) in [6.45, 7) is 4.55. The monoisotopic (exact) mass is 213 g/mol. The Morgan fingerprint density at radius 2 is 1.87 bits per heavy atom. The van der Waals surface area contributed by atoms with Gasteiger partial charge in [0.25, 0.3) is 0 Å². The first-order valence-electron chi connectivity index (χ1n) is 5.56. The van der Waals surface area contributed by atoms with Gasteiger partial charge in [-0.15, -0.1) is 0 Å². The molecular formula is C11H19NO3. The van der Waals surface area contributed by atoms with E-state index in [4.69, 9.17) is 5.11 Å². The second-order valence-corrected chi connectivity index (χ2v) is 4.59. The van der Waals surface area contributed by atoms with E-state index in [0.29, 0.717) is 12.5 Å². The van der Waals surface area contributed by atoms with Crippen LogP contribution in [0.15, 0.2) is 0 Å². The van der Waals surface area contributed by atoms with Gasteiger partial charge in [0.1, 0.15) is 0 Å². The van der Waals surface area contributed by atoms with Gasteiger partial charge >= 0.3 is 11.9 Å². The molecule has 0 aromatic rings. The molecule has 0 heterocycles. The highest BCUT2D eigenvalue weighted by molar-refractivity contribution is 6.31. The van der Waals surface area contributed by atoms with Gasteiger partial charge in [0.15, 0.2) is 0 Å². The molecule has 0 bridgehead atoms. The van der Waals surface area contributed by atoms with Gasteiger partial charge < -0.3 is 10.0 Å². The van der Waals surface area contributed by atoms with Crippen LogP contribution in [0.2, 0.25) is 0 Å². The van der Waals surface area contributed by atoms with Gasteiger partial charge in [0, 0.05) is 12.6 Å². The summed E-state index contributed by atoms with van der Waals surface area (Å²) in [5.74, 6) is -1.76. The van der Waals surface area contributed by atoms with Gasteiger partial charge in [-0.05, 0) is 18.8 Å². The average molecular weight is 213 g/mol. The van der Waals surface area contributed by atoms with Crippen molar-refractivity contribution in [3.05, 3.63) is 0 Å². The van der Waals surface area contributed by atoms with Crippen LogP contribution in [-0.4, -0.2) is 34.5 Å². The largest absolute Gasteiger partial charge is 0.474 e. The number of carbonyl (C=O) groups excluding carboxylic acids is 1. The summed E-state index contributed by atoms with van der Waals surface area (Å²) in [6.07, 6.45) is 4.11. The van der Waals surface area contributed by atoms with Crippen molar-refractivity contribution in [3.8, 4) is 0 Å². The van der Waals surface area contributed by atoms with Crippen molar-refractivity contribution in [3.63, 3.8) is 0 Å². The summed E-state index contributed by atoms with van der Waals surface area (Å²) in [5.41, 5.74) is 0. The summed E-state index contributed by atoms with van der Waals surface area (Å²) < 4.78 is 0. The predicted molar refractivity (Wildman–Crippen MR) is 56.4 cm³/mol. The SMILES string of the molecule is CC(C)CN(C(=O)C(=O)O)C1CCCC1. The predicted octanol–water partition coefficient (Wildman–Crippen LogP) is 1.50. The first kappa shape index (κ1) is 12.0. The number of rotatable bonds is 3. The molecule has 0 unspecified atom stereocenters. The number of nitrogens with zero attached hydrogens (tertiary/aromatic N) is 1. The third-order valence-corrected chi connectivity index (χ3v) is 2.77. The zero-order chi connectivity index (χ0) is 11.4. The number of carboxylic acid groups (broad SMARTS) is 1. The first-order chi connectivity index (χ1) is 7.02. The maximum absolute atomic E-state index is 11.5. The minimum absolute atomic E-state index is 0.149. The third-order valence-electron chi connectivity index (χ3n) is 2.77. The highest BCUT2D eigenvalue weighted by atomic mass is 16.4. The van der Waals surface area contributed by atoms with Crippen LogP contribution in [0.25, 0.3) is 0 Å². The Labute approximate surface area is 90.3 Å². The van der Waals surface area contributed by atoms with E-state index in [0.717, 1.165) is 25.7 Å². The molecule has 1 aliphatic carbocycles. The molecule has 0 spiro atoms. The average Bonchev–Trinajstić information content (AvgIpc) is 2.65. The zero-order valence-corrected chi connectivity index (χ0v) is 9.40. The van der Waals surface area contributed by atoms with Gasteiger partial charge in [-0.3, -0.25) is 4.79 Å². The lowest BCUT2D eigenvalue weighted by atomic mass is 10.1. The van der Waals surface area contributed by atoms with E-state index in [-0.39, 0.29) is 6.04 Å². The van der Waals surface area contributed by atoms with Crippen LogP contribution in [0.5, 0.6) is 0 Å². The van der Waals surface area contributed by atoms with E-state index in [2.05, 4.69) is 0 Å². The van der Waals surface area contributed by atoms with E-state index in [1.54, 1.807) is 4.90 Å². The van der Waals surface area contributed by atoms with Crippen LogP contribution in [0.1, 0.15) is 39.5 Å². The summed E-state index contributed by atoms with van der Waals surface area (Å²) >= 11 is 0. The van der Waals surface area contributed by atoms with E-state index in [9.17, 15) is 9.59 Å². The molecule has 0 radical (unpaired) electrons. The van der Waals surface area contributed by atoms with Crippen LogP contribution in [0.3, 0.4) is 0 Å². The number of aliphatic carboxylic acids is 1. The second kappa shape index (κ2) is 5.14. The smallest absolute Gasteiger partial charge is 0.394 e. The number of hydrogen-bond donors (Lipinski definition) is 1. The Balaban J connectivity index is 2.67. The lowest BCUT2D eigenvalue weighted by Gasteiger charge is -2.28. The maximum Gasteiger partial charge on any atom is 0.394 e. The Morgan fingerprint density at radius 3 is 2.27 bits per heavy atom. The lowest BCUT2D eigenvalue weighted by molar-refractivity contribution is -0.157. The molecule has 1 aliphatic rings. The maximum atomic E-state index is 11.5. The topological polar surface area (TPSA) is 57.6 Å². The molecule has 4 heteroatoms. The molecule has 0 aromatic heterocycles. The molecule has 1 amide bonds. The van der Waals surface area contributed by atoms with Crippen LogP contribution in [0, 0.1) is 5.92 Å². The van der Waals surface area contributed by atoms with Gasteiger partial charge in [0.05, 0.1) is 0 Å². The van der Waals surface area contributed by atoms with E-state index >= 15 is 0 Å². The van der Waals surface area contributed by atoms with Crippen LogP contribution in [0.4, 0.5) is 0 Å². The molecule has 15 heavy (non-hydrogen) atoms. The molecule has 1 rings (SSSR count). The molecule has 0 aliphatic heterocycles. The van der Waals surface area contributed by atoms with Gasteiger partial charge in [0.2, 0.25) is 0 Å². The van der Waals surface area contributed by atoms with Gasteiger partial charge in [-0.1, -0.05) is 26.7 Å². The van der Waals surface area contributed by atoms with Crippen molar-refractivity contribution in [1.82, 2.24) is 4.90 Å². The number of hydrogen-bond acceptors (Lipinski definition) is 2. The molecule has 0 saturated heterocycles. The fourth-order valence-corrected chi connectivity index (χ4v) is 2.13. The second-order valence-electron chi connectivity index (χ2n) is 4.59. The van der Waals surface area contributed by atoms with E-state index in [1.807, 2.05) is 13.8 Å². The Morgan fingerprint density at radius 1 is 1.33 bits per heavy atom. The molecule has 1 fully saturated rings. The number of carboxylic acids is 1. The standard InChI is InChI=1S/C11H19NO3/c1-8(2)7-12(10(13)11(14)15)9-5-3-4-6-9/h8-9H,3-7H2,1-2H3,(H,14,15). The molecule has 1 saturated carbocycles. The van der Waals surface area contributed by atoms with Crippen molar-refractivity contribution in [2.24, 2.45) is 5.92 Å². The van der Waals surface area contributed by atoms with Crippen LogP contribution >= 0.6 is 0 Å². The minimum Gasteiger partial charge on any atom is -0.474 e. The van der Waals surface area contributed by atoms with E-state index in [1.165, 1.54) is 0 Å². The highest BCUT2D eigenvalue weighted by Crippen LogP contribution is 2.24.